The fraction of sp³-hybridized carbons (Fsp3) is 0.0769. The summed E-state index contributed by atoms with van der Waals surface area (Å²) < 4.78 is 21.2. The van der Waals surface area contributed by atoms with Crippen molar-refractivity contribution >= 4 is 32.7 Å². The van der Waals surface area contributed by atoms with Gasteiger partial charge in [0, 0.05) is 19.2 Å². The first-order valence-electron chi connectivity index (χ1n) is 6.06. The number of fused-ring (bicyclic) bond motifs is 1. The van der Waals surface area contributed by atoms with Crippen LogP contribution in [-0.4, -0.2) is 19.9 Å². The molecule has 0 unspecified atom stereocenters. The van der Waals surface area contributed by atoms with Gasteiger partial charge in [-0.2, -0.15) is 0 Å². The molecule has 0 saturated heterocycles. The van der Waals surface area contributed by atoms with E-state index in [1.165, 1.54) is 6.07 Å². The van der Waals surface area contributed by atoms with Gasteiger partial charge in [-0.1, -0.05) is 5.21 Å². The van der Waals surface area contributed by atoms with Crippen LogP contribution in [0, 0.1) is 15.9 Å². The van der Waals surface area contributed by atoms with Crippen molar-refractivity contribution in [3.8, 4) is 11.5 Å². The molecule has 0 N–H and O–H groups in total. The Kier molecular flexibility index (Phi) is 3.49. The van der Waals surface area contributed by atoms with Crippen LogP contribution in [0.15, 0.2) is 34.8 Å². The lowest BCUT2D eigenvalue weighted by Gasteiger charge is -2.08. The standard InChI is InChI=1S/C13H8BrFN4O3/c1-18-12-3-2-8(6-11(12)16-17-18)22-13-9(14)4-7(19(20)21)5-10(13)15/h2-6H,1H3. The smallest absolute Gasteiger partial charge is 0.273 e. The third kappa shape index (κ3) is 2.50. The molecular weight excluding hydrogens is 359 g/mol. The number of halogens is 2. The van der Waals surface area contributed by atoms with Gasteiger partial charge in [-0.15, -0.1) is 5.10 Å². The lowest BCUT2D eigenvalue weighted by atomic mass is 10.2. The SMILES string of the molecule is Cn1nnc2cc(Oc3c(F)cc([N+](=O)[O-])cc3Br)ccc21. The number of ether oxygens (including phenoxy) is 1. The Balaban J connectivity index is 1.99. The highest BCUT2D eigenvalue weighted by molar-refractivity contribution is 9.10. The second kappa shape index (κ2) is 5.34. The Labute approximate surface area is 131 Å². The van der Waals surface area contributed by atoms with E-state index < -0.39 is 10.7 Å². The molecule has 3 aromatic rings. The summed E-state index contributed by atoms with van der Waals surface area (Å²) >= 11 is 3.08. The van der Waals surface area contributed by atoms with E-state index in [1.54, 1.807) is 29.9 Å². The fourth-order valence-corrected chi connectivity index (χ4v) is 2.46. The van der Waals surface area contributed by atoms with Crippen LogP contribution in [0.3, 0.4) is 0 Å². The van der Waals surface area contributed by atoms with Crippen LogP contribution < -0.4 is 4.74 Å². The fourth-order valence-electron chi connectivity index (χ4n) is 1.95. The molecule has 2 aromatic carbocycles. The number of aryl methyl sites for hydroxylation is 1. The number of nitrogens with zero attached hydrogens (tertiary/aromatic N) is 4. The van der Waals surface area contributed by atoms with Crippen molar-refractivity contribution < 1.29 is 14.1 Å². The summed E-state index contributed by atoms with van der Waals surface area (Å²) in [6.45, 7) is 0. The van der Waals surface area contributed by atoms with Gasteiger partial charge >= 0.3 is 0 Å². The maximum atomic E-state index is 14.0. The van der Waals surface area contributed by atoms with Crippen LogP contribution in [0.5, 0.6) is 11.5 Å². The highest BCUT2D eigenvalue weighted by Crippen LogP contribution is 2.36. The third-order valence-corrected chi connectivity index (χ3v) is 3.58. The molecule has 0 aliphatic heterocycles. The lowest BCUT2D eigenvalue weighted by molar-refractivity contribution is -0.385. The molecule has 0 saturated carbocycles. The summed E-state index contributed by atoms with van der Waals surface area (Å²) in [6.07, 6.45) is 0. The second-order valence-corrected chi connectivity index (χ2v) is 5.32. The Morgan fingerprint density at radius 1 is 1.36 bits per heavy atom. The van der Waals surface area contributed by atoms with Crippen molar-refractivity contribution in [3.63, 3.8) is 0 Å². The van der Waals surface area contributed by atoms with Gasteiger partial charge in [-0.05, 0) is 28.1 Å². The van der Waals surface area contributed by atoms with E-state index in [2.05, 4.69) is 26.2 Å². The Hall–Kier alpha value is -2.55. The Morgan fingerprint density at radius 3 is 2.82 bits per heavy atom. The van der Waals surface area contributed by atoms with E-state index in [1.807, 2.05) is 0 Å². The van der Waals surface area contributed by atoms with Gasteiger partial charge in [0.25, 0.3) is 5.69 Å². The number of nitro benzene ring substituents is 1. The molecule has 3 rings (SSSR count). The normalized spacial score (nSPS) is 10.9. The third-order valence-electron chi connectivity index (χ3n) is 3.00. The summed E-state index contributed by atoms with van der Waals surface area (Å²) in [4.78, 5) is 10.0. The molecule has 7 nitrogen and oxygen atoms in total. The van der Waals surface area contributed by atoms with Crippen molar-refractivity contribution in [2.45, 2.75) is 0 Å². The first-order chi connectivity index (χ1) is 10.5. The lowest BCUT2D eigenvalue weighted by Crippen LogP contribution is -1.94. The van der Waals surface area contributed by atoms with Gasteiger partial charge in [0.15, 0.2) is 11.6 Å². The summed E-state index contributed by atoms with van der Waals surface area (Å²) in [5.74, 6) is -0.615. The largest absolute Gasteiger partial charge is 0.453 e. The minimum atomic E-state index is -0.833. The first kappa shape index (κ1) is 14.4. The van der Waals surface area contributed by atoms with Crippen LogP contribution in [-0.2, 0) is 7.05 Å². The van der Waals surface area contributed by atoms with Crippen LogP contribution in [0.2, 0.25) is 0 Å². The highest BCUT2D eigenvalue weighted by atomic mass is 79.9. The average Bonchev–Trinajstić information content (AvgIpc) is 2.83. The molecule has 0 fully saturated rings. The van der Waals surface area contributed by atoms with Crippen molar-refractivity contribution in [2.24, 2.45) is 7.05 Å². The maximum Gasteiger partial charge on any atom is 0.273 e. The van der Waals surface area contributed by atoms with Gasteiger partial charge < -0.3 is 4.74 Å². The molecule has 0 atom stereocenters. The minimum Gasteiger partial charge on any atom is -0.453 e. The number of hydrogen-bond acceptors (Lipinski definition) is 5. The quantitative estimate of drug-likeness (QED) is 0.522. The summed E-state index contributed by atoms with van der Waals surface area (Å²) in [7, 11) is 1.75. The monoisotopic (exact) mass is 366 g/mol. The highest BCUT2D eigenvalue weighted by Gasteiger charge is 2.17. The van der Waals surface area contributed by atoms with E-state index in [-0.39, 0.29) is 15.9 Å². The molecular formula is C13H8BrFN4O3. The zero-order valence-electron chi connectivity index (χ0n) is 11.2. The van der Waals surface area contributed by atoms with Crippen LogP contribution >= 0.6 is 15.9 Å². The number of non-ortho nitro benzene ring substituents is 1. The van der Waals surface area contributed by atoms with Crippen LogP contribution in [0.1, 0.15) is 0 Å². The maximum absolute atomic E-state index is 14.0. The van der Waals surface area contributed by atoms with E-state index in [0.29, 0.717) is 11.3 Å². The minimum absolute atomic E-state index is 0.131. The molecule has 22 heavy (non-hydrogen) atoms. The van der Waals surface area contributed by atoms with Crippen LogP contribution in [0.4, 0.5) is 10.1 Å². The number of hydrogen-bond donors (Lipinski definition) is 0. The average molecular weight is 367 g/mol. The van der Waals surface area contributed by atoms with Gasteiger partial charge in [-0.3, -0.25) is 10.1 Å². The van der Waals surface area contributed by atoms with Crippen LogP contribution in [0.25, 0.3) is 11.0 Å². The predicted octanol–water partition coefficient (Wildman–Crippen LogP) is 3.57. The summed E-state index contributed by atoms with van der Waals surface area (Å²) in [6, 6.07) is 6.97. The molecule has 0 bridgehead atoms. The van der Waals surface area contributed by atoms with Crippen molar-refractivity contribution in [3.05, 3.63) is 50.7 Å². The summed E-state index contributed by atoms with van der Waals surface area (Å²) in [5, 5.41) is 18.5. The van der Waals surface area contributed by atoms with Gasteiger partial charge in [0.05, 0.1) is 21.0 Å². The molecule has 0 aliphatic carbocycles. The van der Waals surface area contributed by atoms with Gasteiger partial charge in [-0.25, -0.2) is 9.07 Å². The number of benzene rings is 2. The Morgan fingerprint density at radius 2 is 2.14 bits per heavy atom. The molecule has 1 heterocycles. The summed E-state index contributed by atoms with van der Waals surface area (Å²) in [5.41, 5.74) is 1.04. The Bertz CT molecular complexity index is 873. The van der Waals surface area contributed by atoms with E-state index in [4.69, 9.17) is 4.74 Å². The molecule has 0 radical (unpaired) electrons. The number of aromatic nitrogens is 3. The predicted molar refractivity (Wildman–Crippen MR) is 79.3 cm³/mol. The zero-order chi connectivity index (χ0) is 15.9. The molecule has 9 heteroatoms. The molecule has 0 spiro atoms. The van der Waals surface area contributed by atoms with E-state index in [0.717, 1.165) is 11.6 Å². The molecule has 0 amide bonds. The second-order valence-electron chi connectivity index (χ2n) is 4.46. The zero-order valence-corrected chi connectivity index (χ0v) is 12.7. The topological polar surface area (TPSA) is 83.1 Å². The van der Waals surface area contributed by atoms with E-state index >= 15 is 0 Å². The van der Waals surface area contributed by atoms with Crippen molar-refractivity contribution in [2.75, 3.05) is 0 Å². The first-order valence-corrected chi connectivity index (χ1v) is 6.86. The number of rotatable bonds is 3. The van der Waals surface area contributed by atoms with Gasteiger partial charge in [0.2, 0.25) is 0 Å². The van der Waals surface area contributed by atoms with Gasteiger partial charge in [0.1, 0.15) is 11.3 Å². The van der Waals surface area contributed by atoms with Crippen molar-refractivity contribution in [1.82, 2.24) is 15.0 Å². The number of nitro groups is 1. The molecule has 1 aromatic heterocycles. The molecule has 112 valence electrons. The van der Waals surface area contributed by atoms with E-state index in [9.17, 15) is 14.5 Å². The molecule has 0 aliphatic rings. The van der Waals surface area contributed by atoms with Crippen molar-refractivity contribution in [1.29, 1.82) is 0 Å².